The topological polar surface area (TPSA) is 149 Å². The largest absolute Gasteiger partial charge is 0.342 e. The highest BCUT2D eigenvalue weighted by Gasteiger charge is 2.18. The molecule has 0 aliphatic rings. The van der Waals surface area contributed by atoms with Crippen LogP contribution in [0.1, 0.15) is 65.2 Å². The fourth-order valence-electron chi connectivity index (χ4n) is 2.74. The first-order valence-electron chi connectivity index (χ1n) is 10.4. The van der Waals surface area contributed by atoms with Gasteiger partial charge in [0, 0.05) is 39.0 Å². The zero-order valence-corrected chi connectivity index (χ0v) is 19.6. The lowest BCUT2D eigenvalue weighted by atomic mass is 10.1. The molecule has 0 unspecified atom stereocenters. The van der Waals surface area contributed by atoms with E-state index in [0.29, 0.717) is 25.9 Å². The van der Waals surface area contributed by atoms with Gasteiger partial charge in [-0.2, -0.15) is 16.8 Å². The Morgan fingerprint density at radius 2 is 0.967 bits per heavy atom. The maximum absolute atomic E-state index is 12.4. The van der Waals surface area contributed by atoms with E-state index in [-0.39, 0.29) is 37.7 Å². The second-order valence-electron chi connectivity index (χ2n) is 7.25. The number of hydrogen-bond acceptors (Lipinski definition) is 6. The lowest BCUT2D eigenvalue weighted by Crippen LogP contribution is -2.36. The van der Waals surface area contributed by atoms with Gasteiger partial charge >= 0.3 is 0 Å². The molecule has 0 bridgehead atoms. The first-order chi connectivity index (χ1) is 13.9. The molecule has 0 aromatic rings. The first kappa shape index (κ1) is 28.8. The molecule has 0 saturated carbocycles. The number of carbonyl (C=O) groups is 2. The standard InChI is InChI=1S/C18H36N2O8S2/c1-3-5-11-19(13-15-29(23,24)25)17(21)9-7-8-10-18(22)20(12-6-4-2)14-16-30(26,27)28/h3-16H2,1-2H3,(H,23,24,25)(H,26,27,28). The van der Waals surface area contributed by atoms with Crippen LogP contribution in [0.4, 0.5) is 0 Å². The van der Waals surface area contributed by atoms with Crippen molar-refractivity contribution < 1.29 is 35.5 Å². The van der Waals surface area contributed by atoms with Gasteiger partial charge in [-0.1, -0.05) is 26.7 Å². The summed E-state index contributed by atoms with van der Waals surface area (Å²) in [5.74, 6) is -1.48. The highest BCUT2D eigenvalue weighted by atomic mass is 32.2. The molecular weight excluding hydrogens is 436 g/mol. The summed E-state index contributed by atoms with van der Waals surface area (Å²) in [5, 5.41) is 0. The highest BCUT2D eigenvalue weighted by Crippen LogP contribution is 2.09. The lowest BCUT2D eigenvalue weighted by Gasteiger charge is -2.23. The molecule has 178 valence electrons. The highest BCUT2D eigenvalue weighted by molar-refractivity contribution is 7.86. The fourth-order valence-corrected chi connectivity index (χ4v) is 3.64. The second-order valence-corrected chi connectivity index (χ2v) is 10.4. The first-order valence-corrected chi connectivity index (χ1v) is 13.6. The van der Waals surface area contributed by atoms with Crippen LogP contribution < -0.4 is 0 Å². The summed E-state index contributed by atoms with van der Waals surface area (Å²) in [6.07, 6.45) is 4.28. The van der Waals surface area contributed by atoms with E-state index < -0.39 is 31.7 Å². The molecular formula is C18H36N2O8S2. The van der Waals surface area contributed by atoms with Crippen LogP contribution in [0.5, 0.6) is 0 Å². The molecule has 0 aromatic heterocycles. The van der Waals surface area contributed by atoms with E-state index in [9.17, 15) is 26.4 Å². The minimum Gasteiger partial charge on any atom is -0.342 e. The number of carbonyl (C=O) groups excluding carboxylic acids is 2. The van der Waals surface area contributed by atoms with Crippen molar-refractivity contribution in [3.8, 4) is 0 Å². The Kier molecular flexibility index (Phi) is 14.1. The number of amides is 2. The molecule has 0 rings (SSSR count). The zero-order valence-electron chi connectivity index (χ0n) is 18.0. The van der Waals surface area contributed by atoms with Gasteiger partial charge in [0.25, 0.3) is 20.2 Å². The minimum atomic E-state index is -4.15. The Bertz CT molecular complexity index is 660. The van der Waals surface area contributed by atoms with Gasteiger partial charge in [-0.3, -0.25) is 18.7 Å². The minimum absolute atomic E-state index is 0.0724. The number of rotatable bonds is 17. The van der Waals surface area contributed by atoms with Crippen molar-refractivity contribution in [1.29, 1.82) is 0 Å². The van der Waals surface area contributed by atoms with Crippen molar-refractivity contribution in [1.82, 2.24) is 9.80 Å². The van der Waals surface area contributed by atoms with Gasteiger partial charge in [0.2, 0.25) is 11.8 Å². The van der Waals surface area contributed by atoms with Crippen molar-refractivity contribution >= 4 is 32.1 Å². The molecule has 0 aromatic carbocycles. The molecule has 0 fully saturated rings. The molecule has 0 heterocycles. The van der Waals surface area contributed by atoms with Gasteiger partial charge in [0.1, 0.15) is 0 Å². The normalized spacial score (nSPS) is 12.0. The Balaban J connectivity index is 4.55. The second kappa shape index (κ2) is 14.7. The summed E-state index contributed by atoms with van der Waals surface area (Å²) in [5.41, 5.74) is 0. The molecule has 2 N–H and O–H groups in total. The van der Waals surface area contributed by atoms with Crippen molar-refractivity contribution in [2.24, 2.45) is 0 Å². The summed E-state index contributed by atoms with van der Waals surface area (Å²) in [6, 6.07) is 0. The van der Waals surface area contributed by atoms with Crippen molar-refractivity contribution in [3.63, 3.8) is 0 Å². The van der Waals surface area contributed by atoms with Crippen LogP contribution in [0, 0.1) is 0 Å². The van der Waals surface area contributed by atoms with E-state index >= 15 is 0 Å². The van der Waals surface area contributed by atoms with E-state index in [1.807, 2.05) is 13.8 Å². The molecule has 0 aliphatic heterocycles. The van der Waals surface area contributed by atoms with E-state index in [2.05, 4.69) is 0 Å². The van der Waals surface area contributed by atoms with Crippen LogP contribution in [0.3, 0.4) is 0 Å². The Morgan fingerprint density at radius 1 is 0.633 bits per heavy atom. The summed E-state index contributed by atoms with van der Waals surface area (Å²) >= 11 is 0. The maximum atomic E-state index is 12.4. The predicted molar refractivity (Wildman–Crippen MR) is 114 cm³/mol. The zero-order chi connectivity index (χ0) is 23.2. The van der Waals surface area contributed by atoms with Crippen LogP contribution in [-0.4, -0.2) is 85.2 Å². The number of hydrogen-bond donors (Lipinski definition) is 2. The van der Waals surface area contributed by atoms with Crippen molar-refractivity contribution in [2.45, 2.75) is 65.2 Å². The molecule has 0 spiro atoms. The summed E-state index contributed by atoms with van der Waals surface area (Å²) in [4.78, 5) is 27.5. The molecule has 2 amide bonds. The molecule has 30 heavy (non-hydrogen) atoms. The average Bonchev–Trinajstić information content (AvgIpc) is 2.63. The summed E-state index contributed by atoms with van der Waals surface area (Å²) < 4.78 is 61.6. The van der Waals surface area contributed by atoms with Gasteiger partial charge in [-0.15, -0.1) is 0 Å². The van der Waals surface area contributed by atoms with Crippen molar-refractivity contribution in [3.05, 3.63) is 0 Å². The SMILES string of the molecule is CCCCN(CCS(=O)(=O)O)C(=O)CCCCC(=O)N(CCCC)CCS(=O)(=O)O. The van der Waals surface area contributed by atoms with Gasteiger partial charge in [0.15, 0.2) is 0 Å². The van der Waals surface area contributed by atoms with Crippen LogP contribution in [0.2, 0.25) is 0 Å². The smallest absolute Gasteiger partial charge is 0.266 e. The lowest BCUT2D eigenvalue weighted by molar-refractivity contribution is -0.133. The van der Waals surface area contributed by atoms with Crippen LogP contribution in [-0.2, 0) is 29.8 Å². The Morgan fingerprint density at radius 3 is 1.23 bits per heavy atom. The summed E-state index contributed by atoms with van der Waals surface area (Å²) in [7, 11) is -8.30. The van der Waals surface area contributed by atoms with E-state index in [1.165, 1.54) is 9.80 Å². The van der Waals surface area contributed by atoms with E-state index in [4.69, 9.17) is 9.11 Å². The molecule has 10 nitrogen and oxygen atoms in total. The maximum Gasteiger partial charge on any atom is 0.266 e. The van der Waals surface area contributed by atoms with Crippen molar-refractivity contribution in [2.75, 3.05) is 37.7 Å². The molecule has 0 atom stereocenters. The quantitative estimate of drug-likeness (QED) is 0.239. The van der Waals surface area contributed by atoms with E-state index in [1.54, 1.807) is 0 Å². The Labute approximate surface area is 180 Å². The van der Waals surface area contributed by atoms with E-state index in [0.717, 1.165) is 25.7 Å². The third-order valence-corrected chi connectivity index (χ3v) is 5.94. The number of nitrogens with zero attached hydrogens (tertiary/aromatic N) is 2. The molecule has 0 radical (unpaired) electrons. The van der Waals surface area contributed by atoms with Gasteiger partial charge < -0.3 is 9.80 Å². The molecule has 0 saturated heterocycles. The molecule has 12 heteroatoms. The van der Waals surface area contributed by atoms with Crippen LogP contribution in [0.25, 0.3) is 0 Å². The summed E-state index contributed by atoms with van der Waals surface area (Å²) in [6.45, 7) is 4.56. The predicted octanol–water partition coefficient (Wildman–Crippen LogP) is 1.58. The fraction of sp³-hybridized carbons (Fsp3) is 0.889. The van der Waals surface area contributed by atoms with Gasteiger partial charge in [-0.05, 0) is 25.7 Å². The monoisotopic (exact) mass is 472 g/mol. The van der Waals surface area contributed by atoms with Gasteiger partial charge in [0.05, 0.1) is 11.5 Å². The number of unbranched alkanes of at least 4 members (excludes halogenated alkanes) is 3. The average molecular weight is 473 g/mol. The van der Waals surface area contributed by atoms with Crippen LogP contribution in [0.15, 0.2) is 0 Å². The molecule has 0 aliphatic carbocycles. The Hall–Kier alpha value is -1.24. The van der Waals surface area contributed by atoms with Gasteiger partial charge in [-0.25, -0.2) is 0 Å². The third kappa shape index (κ3) is 15.6. The van der Waals surface area contributed by atoms with Crippen LogP contribution >= 0.6 is 0 Å². The third-order valence-electron chi connectivity index (χ3n) is 4.54.